The van der Waals surface area contributed by atoms with Crippen molar-refractivity contribution in [3.05, 3.63) is 23.7 Å². The second-order valence-electron chi connectivity index (χ2n) is 2.33. The van der Waals surface area contributed by atoms with E-state index in [1.807, 2.05) is 6.07 Å². The van der Waals surface area contributed by atoms with E-state index in [1.54, 1.807) is 19.1 Å². The average molecular weight is 151 g/mol. The summed E-state index contributed by atoms with van der Waals surface area (Å²) in [7, 11) is 0. The van der Waals surface area contributed by atoms with Crippen LogP contribution in [-0.2, 0) is 0 Å². The quantitative estimate of drug-likeness (QED) is 0.697. The molecule has 1 heterocycles. The number of aliphatic hydroxyl groups is 1. The maximum absolute atomic E-state index is 9.22. The number of nitriles is 1. The van der Waals surface area contributed by atoms with Crippen LogP contribution in [0.3, 0.4) is 0 Å². The van der Waals surface area contributed by atoms with Gasteiger partial charge in [-0.15, -0.1) is 0 Å². The van der Waals surface area contributed by atoms with Gasteiger partial charge in [-0.2, -0.15) is 5.26 Å². The van der Waals surface area contributed by atoms with Gasteiger partial charge in [0, 0.05) is 0 Å². The van der Waals surface area contributed by atoms with Gasteiger partial charge in [0.25, 0.3) is 0 Å². The molecule has 0 aliphatic carbocycles. The number of hydrogen-bond acceptors (Lipinski definition) is 3. The Morgan fingerprint density at radius 1 is 1.73 bits per heavy atom. The first-order valence-electron chi connectivity index (χ1n) is 3.35. The van der Waals surface area contributed by atoms with Crippen molar-refractivity contribution in [3.63, 3.8) is 0 Å². The number of furan rings is 1. The minimum atomic E-state index is -0.784. The predicted molar refractivity (Wildman–Crippen MR) is 38.6 cm³/mol. The van der Waals surface area contributed by atoms with Gasteiger partial charge in [-0.05, 0) is 19.1 Å². The van der Waals surface area contributed by atoms with E-state index in [2.05, 4.69) is 0 Å². The minimum Gasteiger partial charge on any atom is -0.464 e. The van der Waals surface area contributed by atoms with Crippen LogP contribution in [0, 0.1) is 18.3 Å². The van der Waals surface area contributed by atoms with Crippen molar-refractivity contribution >= 4 is 0 Å². The fraction of sp³-hybridized carbons (Fsp3) is 0.375. The normalized spacial score (nSPS) is 12.5. The Labute approximate surface area is 64.9 Å². The van der Waals surface area contributed by atoms with Gasteiger partial charge >= 0.3 is 0 Å². The lowest BCUT2D eigenvalue weighted by Gasteiger charge is -1.99. The summed E-state index contributed by atoms with van der Waals surface area (Å²) in [5, 5.41) is 17.5. The molecule has 1 aromatic rings. The van der Waals surface area contributed by atoms with Crippen molar-refractivity contribution in [1.29, 1.82) is 5.26 Å². The van der Waals surface area contributed by atoms with Crippen LogP contribution in [0.15, 0.2) is 16.5 Å². The highest BCUT2D eigenvalue weighted by atomic mass is 16.4. The third kappa shape index (κ3) is 1.82. The molecule has 0 saturated heterocycles. The van der Waals surface area contributed by atoms with Crippen LogP contribution in [0.25, 0.3) is 0 Å². The summed E-state index contributed by atoms with van der Waals surface area (Å²) >= 11 is 0. The van der Waals surface area contributed by atoms with Crippen LogP contribution in [-0.4, -0.2) is 5.11 Å². The molecule has 1 atom stereocenters. The Kier molecular flexibility index (Phi) is 2.29. The van der Waals surface area contributed by atoms with Crippen molar-refractivity contribution in [3.8, 4) is 6.07 Å². The molecule has 1 unspecified atom stereocenters. The van der Waals surface area contributed by atoms with E-state index in [4.69, 9.17) is 9.68 Å². The summed E-state index contributed by atoms with van der Waals surface area (Å²) in [6.07, 6.45) is -0.707. The fourth-order valence-electron chi connectivity index (χ4n) is 0.820. The van der Waals surface area contributed by atoms with Gasteiger partial charge < -0.3 is 9.52 Å². The van der Waals surface area contributed by atoms with E-state index in [0.29, 0.717) is 5.76 Å². The molecule has 0 aliphatic rings. The Morgan fingerprint density at radius 3 is 2.91 bits per heavy atom. The molecule has 0 saturated carbocycles. The summed E-state index contributed by atoms with van der Waals surface area (Å²) in [6, 6.07) is 5.30. The molecule has 0 spiro atoms. The number of aryl methyl sites for hydroxylation is 1. The molecule has 58 valence electrons. The van der Waals surface area contributed by atoms with E-state index in [0.717, 1.165) is 5.76 Å². The van der Waals surface area contributed by atoms with Gasteiger partial charge in [0.05, 0.1) is 12.5 Å². The highest BCUT2D eigenvalue weighted by Crippen LogP contribution is 2.17. The molecule has 0 fully saturated rings. The SMILES string of the molecule is Cc1ccc(C(O)CC#N)o1. The van der Waals surface area contributed by atoms with Crippen LogP contribution in [0.5, 0.6) is 0 Å². The molecule has 0 aromatic carbocycles. The van der Waals surface area contributed by atoms with E-state index < -0.39 is 6.10 Å². The first-order valence-corrected chi connectivity index (χ1v) is 3.35. The first kappa shape index (κ1) is 7.83. The molecular formula is C8H9NO2. The Hall–Kier alpha value is -1.27. The van der Waals surface area contributed by atoms with Gasteiger partial charge in [0.15, 0.2) is 0 Å². The maximum atomic E-state index is 9.22. The molecule has 0 radical (unpaired) electrons. The Balaban J connectivity index is 2.70. The predicted octanol–water partition coefficient (Wildman–Crippen LogP) is 1.54. The van der Waals surface area contributed by atoms with Crippen molar-refractivity contribution in [1.82, 2.24) is 0 Å². The van der Waals surface area contributed by atoms with Gasteiger partial charge in [0.1, 0.15) is 17.6 Å². The number of aliphatic hydroxyl groups excluding tert-OH is 1. The highest BCUT2D eigenvalue weighted by Gasteiger charge is 2.09. The summed E-state index contributed by atoms with van der Waals surface area (Å²) in [6.45, 7) is 1.79. The lowest BCUT2D eigenvalue weighted by Crippen LogP contribution is -1.92. The van der Waals surface area contributed by atoms with Crippen LogP contribution in [0.1, 0.15) is 24.0 Å². The molecule has 0 aliphatic heterocycles. The van der Waals surface area contributed by atoms with Gasteiger partial charge in [-0.25, -0.2) is 0 Å². The smallest absolute Gasteiger partial charge is 0.133 e. The molecule has 0 bridgehead atoms. The van der Waals surface area contributed by atoms with E-state index in [-0.39, 0.29) is 6.42 Å². The summed E-state index contributed by atoms with van der Waals surface area (Å²) in [4.78, 5) is 0. The van der Waals surface area contributed by atoms with E-state index in [9.17, 15) is 5.11 Å². The molecule has 1 aromatic heterocycles. The van der Waals surface area contributed by atoms with Crippen molar-refractivity contribution in [2.75, 3.05) is 0 Å². The maximum Gasteiger partial charge on any atom is 0.133 e. The lowest BCUT2D eigenvalue weighted by atomic mass is 10.2. The zero-order valence-electron chi connectivity index (χ0n) is 6.24. The van der Waals surface area contributed by atoms with Crippen LogP contribution in [0.2, 0.25) is 0 Å². The number of rotatable bonds is 2. The zero-order valence-corrected chi connectivity index (χ0v) is 6.24. The lowest BCUT2D eigenvalue weighted by molar-refractivity contribution is 0.153. The molecular weight excluding hydrogens is 142 g/mol. The number of nitrogens with zero attached hydrogens (tertiary/aromatic N) is 1. The van der Waals surface area contributed by atoms with Gasteiger partial charge in [0.2, 0.25) is 0 Å². The zero-order chi connectivity index (χ0) is 8.27. The van der Waals surface area contributed by atoms with E-state index >= 15 is 0 Å². The first-order chi connectivity index (χ1) is 5.24. The third-order valence-electron chi connectivity index (χ3n) is 1.37. The molecule has 0 amide bonds. The fourth-order valence-corrected chi connectivity index (χ4v) is 0.820. The minimum absolute atomic E-state index is 0.0763. The second kappa shape index (κ2) is 3.22. The largest absolute Gasteiger partial charge is 0.464 e. The third-order valence-corrected chi connectivity index (χ3v) is 1.37. The van der Waals surface area contributed by atoms with Crippen LogP contribution >= 0.6 is 0 Å². The highest BCUT2D eigenvalue weighted by molar-refractivity contribution is 5.08. The number of hydrogen-bond donors (Lipinski definition) is 1. The van der Waals surface area contributed by atoms with Crippen molar-refractivity contribution < 1.29 is 9.52 Å². The monoisotopic (exact) mass is 151 g/mol. The van der Waals surface area contributed by atoms with Gasteiger partial charge in [-0.3, -0.25) is 0 Å². The van der Waals surface area contributed by atoms with Crippen LogP contribution in [0.4, 0.5) is 0 Å². The van der Waals surface area contributed by atoms with E-state index in [1.165, 1.54) is 0 Å². The summed E-state index contributed by atoms with van der Waals surface area (Å²) in [5.41, 5.74) is 0. The Bertz CT molecular complexity index is 272. The second-order valence-corrected chi connectivity index (χ2v) is 2.33. The van der Waals surface area contributed by atoms with Gasteiger partial charge in [-0.1, -0.05) is 0 Å². The molecule has 1 N–H and O–H groups in total. The topological polar surface area (TPSA) is 57.2 Å². The molecule has 3 nitrogen and oxygen atoms in total. The van der Waals surface area contributed by atoms with Crippen molar-refractivity contribution in [2.45, 2.75) is 19.4 Å². The Morgan fingerprint density at radius 2 is 2.45 bits per heavy atom. The molecule has 3 heteroatoms. The summed E-state index contributed by atoms with van der Waals surface area (Å²) in [5.74, 6) is 1.21. The average Bonchev–Trinajstić information content (AvgIpc) is 2.36. The van der Waals surface area contributed by atoms with Crippen LogP contribution < -0.4 is 0 Å². The molecule has 11 heavy (non-hydrogen) atoms. The van der Waals surface area contributed by atoms with Crippen molar-refractivity contribution in [2.24, 2.45) is 0 Å². The summed E-state index contributed by atoms with van der Waals surface area (Å²) < 4.78 is 5.10. The standard InChI is InChI=1S/C8H9NO2/c1-6-2-3-8(11-6)7(10)4-5-9/h2-3,7,10H,4H2,1H3. The molecule has 1 rings (SSSR count).